The number of amides is 2. The van der Waals surface area contributed by atoms with Gasteiger partial charge in [0.2, 0.25) is 0 Å². The van der Waals surface area contributed by atoms with Crippen LogP contribution in [0, 0.1) is 0 Å². The van der Waals surface area contributed by atoms with Gasteiger partial charge in [-0.25, -0.2) is 9.59 Å². The number of fused-ring (bicyclic) bond motifs is 2. The molecule has 3 rings (SSSR count). The molecule has 0 atom stereocenters. The summed E-state index contributed by atoms with van der Waals surface area (Å²) >= 11 is 0. The van der Waals surface area contributed by atoms with E-state index in [9.17, 15) is 9.59 Å². The van der Waals surface area contributed by atoms with Gasteiger partial charge < -0.3 is 19.7 Å². The highest BCUT2D eigenvalue weighted by atomic mass is 16.6. The molecule has 0 aliphatic heterocycles. The predicted molar refractivity (Wildman–Crippen MR) is 164 cm³/mol. The van der Waals surface area contributed by atoms with Crippen LogP contribution in [0.25, 0.3) is 21.5 Å². The van der Waals surface area contributed by atoms with Gasteiger partial charge in [-0.15, -0.1) is 0 Å². The maximum atomic E-state index is 13.0. The van der Waals surface area contributed by atoms with E-state index in [-0.39, 0.29) is 6.09 Å². The van der Waals surface area contributed by atoms with Gasteiger partial charge >= 0.3 is 12.2 Å². The van der Waals surface area contributed by atoms with Gasteiger partial charge in [-0.05, 0) is 94.1 Å². The van der Waals surface area contributed by atoms with Gasteiger partial charge in [0.1, 0.15) is 11.2 Å². The Hall–Kier alpha value is -3.32. The molecule has 7 nitrogen and oxygen atoms in total. The Morgan fingerprint density at radius 1 is 0.775 bits per heavy atom. The minimum absolute atomic E-state index is 0.326. The van der Waals surface area contributed by atoms with Crippen LogP contribution in [0.3, 0.4) is 0 Å². The molecule has 3 aromatic rings. The number of alkyl carbamates (subject to hydrolysis) is 1. The molecule has 0 bridgehead atoms. The fourth-order valence-electron chi connectivity index (χ4n) is 4.73. The number of rotatable bonds is 11. The van der Waals surface area contributed by atoms with E-state index in [1.54, 1.807) is 4.90 Å². The van der Waals surface area contributed by atoms with Crippen LogP contribution in [-0.2, 0) is 16.0 Å². The number of hydrogen-bond donors (Lipinski definition) is 1. The summed E-state index contributed by atoms with van der Waals surface area (Å²) < 4.78 is 11.0. The number of carbonyl (C=O) groups is 2. The summed E-state index contributed by atoms with van der Waals surface area (Å²) in [7, 11) is 0. The molecule has 7 heteroatoms. The van der Waals surface area contributed by atoms with Gasteiger partial charge in [0.25, 0.3) is 0 Å². The van der Waals surface area contributed by atoms with Crippen LogP contribution in [0.1, 0.15) is 66.9 Å². The lowest BCUT2D eigenvalue weighted by molar-refractivity contribution is 0.0240. The molecule has 0 radical (unpaired) electrons. The monoisotopic (exact) mass is 549 g/mol. The van der Waals surface area contributed by atoms with Crippen molar-refractivity contribution in [3.05, 3.63) is 60.2 Å². The third kappa shape index (κ3) is 9.70. The maximum absolute atomic E-state index is 13.0. The topological polar surface area (TPSA) is 71.1 Å². The Morgan fingerprint density at radius 2 is 1.32 bits per heavy atom. The molecule has 0 aliphatic carbocycles. The second kappa shape index (κ2) is 13.8. The minimum Gasteiger partial charge on any atom is -0.444 e. The van der Waals surface area contributed by atoms with E-state index in [1.807, 2.05) is 41.5 Å². The molecule has 0 fully saturated rings. The molecule has 0 heterocycles. The standard InChI is InChI=1S/C33H47N3O4/c1-8-35(24-29-27-17-11-9-15-25(27)23-26-16-10-12-18-28(26)29)20-14-22-36(31(38)40-33(5,6)7)21-13-19-34-30(37)39-32(2,3)4/h9-12,15-18,23H,8,13-14,19-22,24H2,1-7H3,(H,34,37). The molecule has 40 heavy (non-hydrogen) atoms. The highest BCUT2D eigenvalue weighted by molar-refractivity contribution is 6.02. The molecule has 2 amide bonds. The van der Waals surface area contributed by atoms with E-state index >= 15 is 0 Å². The molecule has 0 unspecified atom stereocenters. The van der Waals surface area contributed by atoms with Gasteiger partial charge in [0, 0.05) is 32.7 Å². The zero-order chi connectivity index (χ0) is 29.3. The van der Waals surface area contributed by atoms with Gasteiger partial charge in [0.15, 0.2) is 0 Å². The first-order valence-electron chi connectivity index (χ1n) is 14.4. The molecule has 1 N–H and O–H groups in total. The second-order valence-corrected chi connectivity index (χ2v) is 12.3. The summed E-state index contributed by atoms with van der Waals surface area (Å²) in [5.41, 5.74) is 0.221. The van der Waals surface area contributed by atoms with E-state index in [0.717, 1.165) is 26.1 Å². The smallest absolute Gasteiger partial charge is 0.410 e. The second-order valence-electron chi connectivity index (χ2n) is 12.3. The number of carbonyl (C=O) groups excluding carboxylic acids is 2. The van der Waals surface area contributed by atoms with E-state index in [0.29, 0.717) is 26.1 Å². The third-order valence-electron chi connectivity index (χ3n) is 6.54. The third-order valence-corrected chi connectivity index (χ3v) is 6.54. The lowest BCUT2D eigenvalue weighted by Crippen LogP contribution is -2.40. The quantitative estimate of drug-likeness (QED) is 0.200. The molecular formula is C33H47N3O4. The number of benzene rings is 3. The summed E-state index contributed by atoms with van der Waals surface area (Å²) in [6, 6.07) is 19.4. The molecule has 0 aliphatic rings. The van der Waals surface area contributed by atoms with Gasteiger partial charge in [-0.2, -0.15) is 0 Å². The fraction of sp³-hybridized carbons (Fsp3) is 0.515. The van der Waals surface area contributed by atoms with Crippen molar-refractivity contribution in [2.24, 2.45) is 0 Å². The van der Waals surface area contributed by atoms with Crippen molar-refractivity contribution >= 4 is 33.7 Å². The highest BCUT2D eigenvalue weighted by Gasteiger charge is 2.22. The van der Waals surface area contributed by atoms with Crippen LogP contribution in [0.15, 0.2) is 54.6 Å². The molecule has 0 spiro atoms. The summed E-state index contributed by atoms with van der Waals surface area (Å²) in [5.74, 6) is 0. The van der Waals surface area contributed by atoms with Crippen LogP contribution in [-0.4, -0.2) is 65.9 Å². The first-order valence-corrected chi connectivity index (χ1v) is 14.4. The Balaban J connectivity index is 1.63. The zero-order valence-electron chi connectivity index (χ0n) is 25.4. The van der Waals surface area contributed by atoms with Crippen LogP contribution in [0.4, 0.5) is 9.59 Å². The highest BCUT2D eigenvalue weighted by Crippen LogP contribution is 2.29. The number of ether oxygens (including phenoxy) is 2. The Bertz CT molecular complexity index is 1220. The van der Waals surface area contributed by atoms with Gasteiger partial charge in [-0.3, -0.25) is 4.90 Å². The maximum Gasteiger partial charge on any atom is 0.410 e. The average molecular weight is 550 g/mol. The van der Waals surface area contributed by atoms with Crippen LogP contribution >= 0.6 is 0 Å². The molecule has 0 saturated heterocycles. The number of nitrogens with one attached hydrogen (secondary N) is 1. The first kappa shape index (κ1) is 31.2. The summed E-state index contributed by atoms with van der Waals surface area (Å²) in [4.78, 5) is 29.1. The largest absolute Gasteiger partial charge is 0.444 e. The number of nitrogens with zero attached hydrogens (tertiary/aromatic N) is 2. The first-order chi connectivity index (χ1) is 18.9. The van der Waals surface area contributed by atoms with Crippen molar-refractivity contribution in [3.8, 4) is 0 Å². The average Bonchev–Trinajstić information content (AvgIpc) is 2.86. The van der Waals surface area contributed by atoms with Gasteiger partial charge in [-0.1, -0.05) is 55.5 Å². The van der Waals surface area contributed by atoms with Crippen LogP contribution in [0.5, 0.6) is 0 Å². The van der Waals surface area contributed by atoms with Crippen molar-refractivity contribution in [2.45, 2.75) is 79.1 Å². The lowest BCUT2D eigenvalue weighted by Gasteiger charge is -2.29. The molecule has 0 aromatic heterocycles. The SMILES string of the molecule is CCN(CCCN(CCCNC(=O)OC(C)(C)C)C(=O)OC(C)(C)C)Cc1c2ccccc2cc2ccccc12. The zero-order valence-corrected chi connectivity index (χ0v) is 25.4. The Kier molecular flexibility index (Phi) is 10.8. The van der Waals surface area contributed by atoms with Gasteiger partial charge in [0.05, 0.1) is 0 Å². The minimum atomic E-state index is -0.574. The van der Waals surface area contributed by atoms with Crippen LogP contribution in [0.2, 0.25) is 0 Å². The Labute approximate surface area is 239 Å². The Morgan fingerprint density at radius 3 is 1.88 bits per heavy atom. The van der Waals surface area contributed by atoms with Crippen molar-refractivity contribution in [1.82, 2.24) is 15.1 Å². The van der Waals surface area contributed by atoms with E-state index in [4.69, 9.17) is 9.47 Å². The number of hydrogen-bond acceptors (Lipinski definition) is 5. The molecular weight excluding hydrogens is 502 g/mol. The van der Waals surface area contributed by atoms with Crippen molar-refractivity contribution < 1.29 is 19.1 Å². The van der Waals surface area contributed by atoms with Crippen LogP contribution < -0.4 is 5.32 Å². The molecule has 218 valence electrons. The summed E-state index contributed by atoms with van der Waals surface area (Å²) in [6.07, 6.45) is 0.650. The molecule has 0 saturated carbocycles. The van der Waals surface area contributed by atoms with Crippen molar-refractivity contribution in [2.75, 3.05) is 32.7 Å². The molecule has 3 aromatic carbocycles. The van der Waals surface area contributed by atoms with E-state index < -0.39 is 17.3 Å². The van der Waals surface area contributed by atoms with Crippen molar-refractivity contribution in [3.63, 3.8) is 0 Å². The summed E-state index contributed by atoms with van der Waals surface area (Å²) in [6.45, 7) is 17.4. The van der Waals surface area contributed by atoms with E-state index in [1.165, 1.54) is 27.1 Å². The fourth-order valence-corrected chi connectivity index (χ4v) is 4.73. The predicted octanol–water partition coefficient (Wildman–Crippen LogP) is 7.36. The summed E-state index contributed by atoms with van der Waals surface area (Å²) in [5, 5.41) is 7.85. The lowest BCUT2D eigenvalue weighted by atomic mass is 9.96. The van der Waals surface area contributed by atoms with Crippen molar-refractivity contribution in [1.29, 1.82) is 0 Å². The normalized spacial score (nSPS) is 12.1. The van der Waals surface area contributed by atoms with E-state index in [2.05, 4.69) is 71.7 Å².